The fourth-order valence-electron chi connectivity index (χ4n) is 2.43. The van der Waals surface area contributed by atoms with Gasteiger partial charge in [0, 0.05) is 6.54 Å². The molecule has 3 atom stereocenters. The highest BCUT2D eigenvalue weighted by atomic mass is 16.5. The van der Waals surface area contributed by atoms with Crippen LogP contribution in [0.1, 0.15) is 25.3 Å². The molecule has 5 heteroatoms. The van der Waals surface area contributed by atoms with Gasteiger partial charge in [-0.1, -0.05) is 30.3 Å². The molecule has 1 heterocycles. The van der Waals surface area contributed by atoms with Crippen molar-refractivity contribution < 1.29 is 19.7 Å². The zero-order chi connectivity index (χ0) is 14.6. The van der Waals surface area contributed by atoms with E-state index in [1.165, 1.54) is 0 Å². The molecule has 0 radical (unpaired) electrons. The van der Waals surface area contributed by atoms with Gasteiger partial charge < -0.3 is 20.3 Å². The Kier molecular flexibility index (Phi) is 4.75. The van der Waals surface area contributed by atoms with Gasteiger partial charge in [0.1, 0.15) is 0 Å². The Hall–Kier alpha value is -1.43. The van der Waals surface area contributed by atoms with E-state index in [1.54, 1.807) is 0 Å². The highest BCUT2D eigenvalue weighted by molar-refractivity contribution is 5.72. The molecular formula is C15H21NO4. The Morgan fingerprint density at radius 3 is 2.65 bits per heavy atom. The van der Waals surface area contributed by atoms with Crippen LogP contribution in [0.2, 0.25) is 0 Å². The van der Waals surface area contributed by atoms with Crippen LogP contribution in [0.5, 0.6) is 0 Å². The Bertz CT molecular complexity index is 450. The summed E-state index contributed by atoms with van der Waals surface area (Å²) in [4.78, 5) is 10.8. The fourth-order valence-corrected chi connectivity index (χ4v) is 2.43. The first-order chi connectivity index (χ1) is 9.55. The molecule has 1 aliphatic heterocycles. The molecular weight excluding hydrogens is 258 g/mol. The van der Waals surface area contributed by atoms with Gasteiger partial charge in [-0.3, -0.25) is 0 Å². The second-order valence-electron chi connectivity index (χ2n) is 5.40. The van der Waals surface area contributed by atoms with Crippen LogP contribution in [0, 0.1) is 0 Å². The molecule has 0 saturated carbocycles. The Morgan fingerprint density at radius 1 is 1.40 bits per heavy atom. The summed E-state index contributed by atoms with van der Waals surface area (Å²) in [7, 11) is 0. The van der Waals surface area contributed by atoms with Crippen molar-refractivity contribution in [2.24, 2.45) is 0 Å². The Balaban J connectivity index is 1.93. The molecule has 110 valence electrons. The molecule has 3 unspecified atom stereocenters. The van der Waals surface area contributed by atoms with Crippen molar-refractivity contribution in [3.8, 4) is 0 Å². The van der Waals surface area contributed by atoms with E-state index >= 15 is 0 Å². The molecule has 5 nitrogen and oxygen atoms in total. The van der Waals surface area contributed by atoms with Crippen molar-refractivity contribution in [3.05, 3.63) is 35.9 Å². The maximum Gasteiger partial charge on any atom is 0.332 e. The van der Waals surface area contributed by atoms with Crippen molar-refractivity contribution in [1.82, 2.24) is 5.32 Å². The summed E-state index contributed by atoms with van der Waals surface area (Å²) in [6, 6.07) is 9.70. The van der Waals surface area contributed by atoms with Gasteiger partial charge in [0.2, 0.25) is 0 Å². The zero-order valence-electron chi connectivity index (χ0n) is 11.6. The molecule has 3 N–H and O–H groups in total. The third-order valence-corrected chi connectivity index (χ3v) is 3.83. The van der Waals surface area contributed by atoms with Crippen molar-refractivity contribution in [3.63, 3.8) is 0 Å². The van der Waals surface area contributed by atoms with Gasteiger partial charge in [0.25, 0.3) is 0 Å². The van der Waals surface area contributed by atoms with Gasteiger partial charge in [0.15, 0.2) is 6.10 Å². The van der Waals surface area contributed by atoms with Gasteiger partial charge in [-0.25, -0.2) is 4.79 Å². The summed E-state index contributed by atoms with van der Waals surface area (Å²) in [5.41, 5.74) is 0.446. The topological polar surface area (TPSA) is 78.8 Å². The number of ether oxygens (including phenoxy) is 1. The maximum atomic E-state index is 10.8. The molecule has 1 saturated heterocycles. The number of rotatable bonds is 6. The van der Waals surface area contributed by atoms with Crippen molar-refractivity contribution in [2.45, 2.75) is 37.5 Å². The van der Waals surface area contributed by atoms with Gasteiger partial charge in [0.05, 0.1) is 18.2 Å². The lowest BCUT2D eigenvalue weighted by molar-refractivity contribution is -0.149. The summed E-state index contributed by atoms with van der Waals surface area (Å²) in [5, 5.41) is 21.8. The third kappa shape index (κ3) is 3.36. The van der Waals surface area contributed by atoms with Crippen LogP contribution >= 0.6 is 0 Å². The van der Waals surface area contributed by atoms with E-state index in [0.717, 1.165) is 12.0 Å². The lowest BCUT2D eigenvalue weighted by Gasteiger charge is -2.30. The van der Waals surface area contributed by atoms with Crippen LogP contribution in [0.4, 0.5) is 0 Å². The lowest BCUT2D eigenvalue weighted by Crippen LogP contribution is -2.46. The second kappa shape index (κ2) is 6.35. The Morgan fingerprint density at radius 2 is 2.10 bits per heavy atom. The smallest absolute Gasteiger partial charge is 0.332 e. The molecule has 20 heavy (non-hydrogen) atoms. The normalized spacial score (nSPS) is 25.3. The van der Waals surface area contributed by atoms with Gasteiger partial charge in [-0.05, 0) is 25.3 Å². The summed E-state index contributed by atoms with van der Waals surface area (Å²) in [6.07, 6.45) is 0.452. The molecule has 0 spiro atoms. The maximum absolute atomic E-state index is 10.8. The van der Waals surface area contributed by atoms with E-state index in [4.69, 9.17) is 9.84 Å². The third-order valence-electron chi connectivity index (χ3n) is 3.83. The second-order valence-corrected chi connectivity index (χ2v) is 5.40. The summed E-state index contributed by atoms with van der Waals surface area (Å²) in [5.74, 6) is -0.902. The highest BCUT2D eigenvalue weighted by Gasteiger charge is 2.32. The molecule has 1 aromatic carbocycles. The number of benzene rings is 1. The highest BCUT2D eigenvalue weighted by Crippen LogP contribution is 2.23. The average Bonchev–Trinajstić information content (AvgIpc) is 2.95. The van der Waals surface area contributed by atoms with E-state index in [-0.39, 0.29) is 12.7 Å². The van der Waals surface area contributed by atoms with Crippen LogP contribution in [0.15, 0.2) is 30.3 Å². The number of carboxylic acid groups (broad SMARTS) is 1. The molecule has 0 aliphatic carbocycles. The minimum atomic E-state index is -0.902. The Labute approximate surface area is 118 Å². The molecule has 0 bridgehead atoms. The first kappa shape index (κ1) is 15.0. The molecule has 1 aromatic rings. The van der Waals surface area contributed by atoms with Crippen LogP contribution in [-0.2, 0) is 15.1 Å². The van der Waals surface area contributed by atoms with Crippen molar-refractivity contribution in [2.75, 3.05) is 13.2 Å². The summed E-state index contributed by atoms with van der Waals surface area (Å²) < 4.78 is 5.45. The number of aliphatic hydroxyl groups is 1. The monoisotopic (exact) mass is 279 g/mol. The van der Waals surface area contributed by atoms with E-state index in [0.29, 0.717) is 13.0 Å². The van der Waals surface area contributed by atoms with Crippen LogP contribution in [0.3, 0.4) is 0 Å². The van der Waals surface area contributed by atoms with Crippen molar-refractivity contribution >= 4 is 5.97 Å². The number of carboxylic acids is 1. The minimum Gasteiger partial charge on any atom is -0.479 e. The van der Waals surface area contributed by atoms with Gasteiger partial charge >= 0.3 is 5.97 Å². The zero-order valence-corrected chi connectivity index (χ0v) is 11.6. The SMILES string of the molecule is CC(CO)(NCC1CCC(C(=O)O)O1)c1ccccc1. The predicted octanol–water partition coefficient (Wildman–Crippen LogP) is 1.12. The molecule has 0 aromatic heterocycles. The largest absolute Gasteiger partial charge is 0.479 e. The minimum absolute atomic E-state index is 0.0356. The van der Waals surface area contributed by atoms with E-state index in [9.17, 15) is 9.90 Å². The van der Waals surface area contributed by atoms with E-state index < -0.39 is 17.6 Å². The number of aliphatic hydroxyl groups excluding tert-OH is 1. The van der Waals surface area contributed by atoms with Crippen LogP contribution in [-0.4, -0.2) is 41.5 Å². The number of nitrogens with one attached hydrogen (secondary N) is 1. The molecule has 1 fully saturated rings. The van der Waals surface area contributed by atoms with Crippen LogP contribution in [0.25, 0.3) is 0 Å². The van der Waals surface area contributed by atoms with E-state index in [1.807, 2.05) is 37.3 Å². The summed E-state index contributed by atoms with van der Waals surface area (Å²) >= 11 is 0. The quantitative estimate of drug-likeness (QED) is 0.727. The standard InChI is InChI=1S/C15H21NO4/c1-15(10-17,11-5-3-2-4-6-11)16-9-12-7-8-13(20-12)14(18)19/h2-6,12-13,16-17H,7-10H2,1H3,(H,18,19). The number of aliphatic carboxylic acids is 1. The molecule has 0 amide bonds. The van der Waals surface area contributed by atoms with Gasteiger partial charge in [-0.2, -0.15) is 0 Å². The first-order valence-electron chi connectivity index (χ1n) is 6.85. The first-order valence-corrected chi connectivity index (χ1v) is 6.85. The number of hydrogen-bond acceptors (Lipinski definition) is 4. The lowest BCUT2D eigenvalue weighted by atomic mass is 9.92. The number of carbonyl (C=O) groups is 1. The average molecular weight is 279 g/mol. The number of hydrogen-bond donors (Lipinski definition) is 3. The van der Waals surface area contributed by atoms with Gasteiger partial charge in [-0.15, -0.1) is 0 Å². The molecule has 1 aliphatic rings. The fraction of sp³-hybridized carbons (Fsp3) is 0.533. The van der Waals surface area contributed by atoms with E-state index in [2.05, 4.69) is 5.32 Å². The molecule has 2 rings (SSSR count). The predicted molar refractivity (Wildman–Crippen MR) is 74.4 cm³/mol. The van der Waals surface area contributed by atoms with Crippen molar-refractivity contribution in [1.29, 1.82) is 0 Å². The van der Waals surface area contributed by atoms with Crippen LogP contribution < -0.4 is 5.32 Å². The summed E-state index contributed by atoms with van der Waals surface area (Å²) in [6.45, 7) is 2.41.